The van der Waals surface area contributed by atoms with E-state index in [1.54, 1.807) is 9.80 Å². The fourth-order valence-electron chi connectivity index (χ4n) is 2.95. The van der Waals surface area contributed by atoms with Gasteiger partial charge in [-0.15, -0.1) is 0 Å². The lowest BCUT2D eigenvalue weighted by Crippen LogP contribution is -2.52. The number of carbonyl (C=O) groups is 2. The topological polar surface area (TPSA) is 84.3 Å². The van der Waals surface area contributed by atoms with Gasteiger partial charge >= 0.3 is 12.0 Å². The molecule has 2 amide bonds. The van der Waals surface area contributed by atoms with Gasteiger partial charge < -0.3 is 20.0 Å². The predicted octanol–water partition coefficient (Wildman–Crippen LogP) is -0.631. The summed E-state index contributed by atoms with van der Waals surface area (Å²) >= 11 is 0. The number of aliphatic hydroxyl groups is 1. The molecule has 2 heterocycles. The molecule has 0 aliphatic carbocycles. The Morgan fingerprint density at radius 1 is 1.10 bits per heavy atom. The summed E-state index contributed by atoms with van der Waals surface area (Å²) in [5.41, 5.74) is 0. The molecule has 0 unspecified atom stereocenters. The van der Waals surface area contributed by atoms with Gasteiger partial charge in [0.15, 0.2) is 0 Å². The van der Waals surface area contributed by atoms with Gasteiger partial charge in [-0.3, -0.25) is 9.69 Å². The number of likely N-dealkylation sites (tertiary alicyclic amines) is 1. The molecule has 20 heavy (non-hydrogen) atoms. The monoisotopic (exact) mass is 285 g/mol. The SMILES string of the molecule is C[C@@H]1CN(C(=O)N2CCN(CCO)CC2)C[C@H]1C(=O)O. The van der Waals surface area contributed by atoms with E-state index in [1.165, 1.54) is 0 Å². The zero-order chi connectivity index (χ0) is 14.7. The summed E-state index contributed by atoms with van der Waals surface area (Å²) in [5, 5.41) is 18.0. The van der Waals surface area contributed by atoms with E-state index in [2.05, 4.69) is 4.90 Å². The Morgan fingerprint density at radius 3 is 2.25 bits per heavy atom. The summed E-state index contributed by atoms with van der Waals surface area (Å²) in [6.45, 7) is 6.30. The van der Waals surface area contributed by atoms with E-state index in [1.807, 2.05) is 6.92 Å². The van der Waals surface area contributed by atoms with Crippen molar-refractivity contribution in [1.29, 1.82) is 0 Å². The lowest BCUT2D eigenvalue weighted by Gasteiger charge is -2.36. The molecule has 2 fully saturated rings. The van der Waals surface area contributed by atoms with E-state index in [0.29, 0.717) is 32.7 Å². The summed E-state index contributed by atoms with van der Waals surface area (Å²) in [6.07, 6.45) is 0. The van der Waals surface area contributed by atoms with E-state index >= 15 is 0 Å². The summed E-state index contributed by atoms with van der Waals surface area (Å²) in [4.78, 5) is 29.0. The molecule has 0 saturated carbocycles. The molecule has 7 heteroatoms. The van der Waals surface area contributed by atoms with Crippen LogP contribution in [-0.2, 0) is 4.79 Å². The third-order valence-corrected chi connectivity index (χ3v) is 4.26. The van der Waals surface area contributed by atoms with Crippen LogP contribution < -0.4 is 0 Å². The van der Waals surface area contributed by atoms with Crippen LogP contribution in [-0.4, -0.2) is 89.3 Å². The first-order valence-electron chi connectivity index (χ1n) is 7.12. The summed E-state index contributed by atoms with van der Waals surface area (Å²) < 4.78 is 0. The lowest BCUT2D eigenvalue weighted by atomic mass is 9.99. The van der Waals surface area contributed by atoms with Crippen LogP contribution in [0.15, 0.2) is 0 Å². The fourth-order valence-corrected chi connectivity index (χ4v) is 2.95. The van der Waals surface area contributed by atoms with Crippen LogP contribution >= 0.6 is 0 Å². The van der Waals surface area contributed by atoms with Crippen LogP contribution in [0.3, 0.4) is 0 Å². The molecule has 2 aliphatic rings. The van der Waals surface area contributed by atoms with Gasteiger partial charge in [-0.2, -0.15) is 0 Å². The van der Waals surface area contributed by atoms with Crippen LogP contribution in [0.5, 0.6) is 0 Å². The third kappa shape index (κ3) is 3.21. The van der Waals surface area contributed by atoms with Gasteiger partial charge in [0, 0.05) is 45.8 Å². The van der Waals surface area contributed by atoms with Crippen molar-refractivity contribution in [2.45, 2.75) is 6.92 Å². The molecule has 7 nitrogen and oxygen atoms in total. The van der Waals surface area contributed by atoms with Crippen molar-refractivity contribution >= 4 is 12.0 Å². The second-order valence-electron chi connectivity index (χ2n) is 5.66. The highest BCUT2D eigenvalue weighted by atomic mass is 16.4. The Morgan fingerprint density at radius 2 is 1.75 bits per heavy atom. The Balaban J connectivity index is 1.85. The minimum atomic E-state index is -0.819. The van der Waals surface area contributed by atoms with Gasteiger partial charge in [-0.05, 0) is 5.92 Å². The fraction of sp³-hybridized carbons (Fsp3) is 0.846. The molecule has 0 aromatic heterocycles. The number of carboxylic acid groups (broad SMARTS) is 1. The van der Waals surface area contributed by atoms with Crippen molar-refractivity contribution in [3.8, 4) is 0 Å². The quantitative estimate of drug-likeness (QED) is 0.721. The first kappa shape index (κ1) is 15.1. The zero-order valence-electron chi connectivity index (χ0n) is 11.9. The van der Waals surface area contributed by atoms with E-state index in [-0.39, 0.29) is 18.6 Å². The maximum absolute atomic E-state index is 12.4. The van der Waals surface area contributed by atoms with Crippen molar-refractivity contribution in [2.24, 2.45) is 11.8 Å². The second-order valence-corrected chi connectivity index (χ2v) is 5.66. The van der Waals surface area contributed by atoms with E-state index in [9.17, 15) is 9.59 Å². The zero-order valence-corrected chi connectivity index (χ0v) is 11.9. The number of amides is 2. The molecule has 2 rings (SSSR count). The summed E-state index contributed by atoms with van der Waals surface area (Å²) in [7, 11) is 0. The highest BCUT2D eigenvalue weighted by Gasteiger charge is 2.38. The molecule has 0 bridgehead atoms. The number of rotatable bonds is 3. The average Bonchev–Trinajstić information content (AvgIpc) is 2.81. The van der Waals surface area contributed by atoms with Gasteiger partial charge in [-0.25, -0.2) is 4.79 Å². The number of carboxylic acids is 1. The minimum Gasteiger partial charge on any atom is -0.481 e. The highest BCUT2D eigenvalue weighted by molar-refractivity contribution is 5.77. The smallest absolute Gasteiger partial charge is 0.320 e. The minimum absolute atomic E-state index is 0.00660. The van der Waals surface area contributed by atoms with Gasteiger partial charge in [-0.1, -0.05) is 6.92 Å². The van der Waals surface area contributed by atoms with Gasteiger partial charge in [0.05, 0.1) is 12.5 Å². The van der Waals surface area contributed by atoms with Gasteiger partial charge in [0.2, 0.25) is 0 Å². The largest absolute Gasteiger partial charge is 0.481 e. The van der Waals surface area contributed by atoms with Crippen LogP contribution in [0.2, 0.25) is 0 Å². The number of urea groups is 1. The number of aliphatic carboxylic acids is 1. The maximum Gasteiger partial charge on any atom is 0.320 e. The predicted molar refractivity (Wildman–Crippen MR) is 72.4 cm³/mol. The van der Waals surface area contributed by atoms with Crippen molar-refractivity contribution < 1.29 is 19.8 Å². The van der Waals surface area contributed by atoms with E-state index in [4.69, 9.17) is 10.2 Å². The van der Waals surface area contributed by atoms with Crippen molar-refractivity contribution in [2.75, 3.05) is 52.4 Å². The number of β-amino-alcohol motifs (C(OH)–C–C–N with tert-alkyl or cyclic N) is 1. The number of nitrogens with zero attached hydrogens (tertiary/aromatic N) is 3. The summed E-state index contributed by atoms with van der Waals surface area (Å²) in [6, 6.07) is -0.0516. The average molecular weight is 285 g/mol. The molecular formula is C13H23N3O4. The highest BCUT2D eigenvalue weighted by Crippen LogP contribution is 2.24. The van der Waals surface area contributed by atoms with Crippen LogP contribution in [0.25, 0.3) is 0 Å². The maximum atomic E-state index is 12.4. The van der Waals surface area contributed by atoms with E-state index < -0.39 is 11.9 Å². The standard InChI is InChI=1S/C13H23N3O4/c1-10-8-16(9-11(10)12(18)19)13(20)15-4-2-14(3-5-15)6-7-17/h10-11,17H,2-9H2,1H3,(H,18,19)/t10-,11-/m1/s1. The van der Waals surface area contributed by atoms with Crippen LogP contribution in [0.4, 0.5) is 4.79 Å². The van der Waals surface area contributed by atoms with Crippen LogP contribution in [0, 0.1) is 11.8 Å². The number of hydrogen-bond donors (Lipinski definition) is 2. The Kier molecular flexibility index (Phi) is 4.82. The molecule has 2 atom stereocenters. The number of piperazine rings is 1. The van der Waals surface area contributed by atoms with Gasteiger partial charge in [0.1, 0.15) is 0 Å². The number of hydrogen-bond acceptors (Lipinski definition) is 4. The first-order chi connectivity index (χ1) is 9.52. The van der Waals surface area contributed by atoms with Crippen molar-refractivity contribution in [1.82, 2.24) is 14.7 Å². The number of aliphatic hydroxyl groups excluding tert-OH is 1. The van der Waals surface area contributed by atoms with Gasteiger partial charge in [0.25, 0.3) is 0 Å². The third-order valence-electron chi connectivity index (χ3n) is 4.26. The Labute approximate surface area is 118 Å². The molecule has 2 aliphatic heterocycles. The molecule has 0 aromatic rings. The Hall–Kier alpha value is -1.34. The Bertz CT molecular complexity index is 369. The molecule has 2 saturated heterocycles. The first-order valence-corrected chi connectivity index (χ1v) is 7.12. The van der Waals surface area contributed by atoms with Crippen molar-refractivity contribution in [3.05, 3.63) is 0 Å². The molecule has 114 valence electrons. The number of carbonyl (C=O) groups excluding carboxylic acids is 1. The lowest BCUT2D eigenvalue weighted by molar-refractivity contribution is -0.142. The van der Waals surface area contributed by atoms with E-state index in [0.717, 1.165) is 13.1 Å². The summed E-state index contributed by atoms with van der Waals surface area (Å²) in [5.74, 6) is -1.26. The molecule has 0 aromatic carbocycles. The van der Waals surface area contributed by atoms with Crippen LogP contribution in [0.1, 0.15) is 6.92 Å². The second kappa shape index (κ2) is 6.41. The molecular weight excluding hydrogens is 262 g/mol. The molecule has 0 radical (unpaired) electrons. The van der Waals surface area contributed by atoms with Crippen molar-refractivity contribution in [3.63, 3.8) is 0 Å². The normalized spacial score (nSPS) is 27.9. The molecule has 0 spiro atoms. The molecule has 2 N–H and O–H groups in total.